The molecule has 2 heteroatoms. The number of hydrogen-bond donors (Lipinski definition) is 1. The van der Waals surface area contributed by atoms with Crippen LogP contribution in [-0.2, 0) is 5.41 Å². The van der Waals surface area contributed by atoms with Crippen LogP contribution in [0.15, 0.2) is 24.3 Å². The second-order valence-corrected chi connectivity index (χ2v) is 7.25. The molecule has 2 rings (SSSR count). The predicted molar refractivity (Wildman–Crippen MR) is 88.5 cm³/mol. The van der Waals surface area contributed by atoms with Crippen molar-refractivity contribution in [3.05, 3.63) is 29.8 Å². The van der Waals surface area contributed by atoms with Crippen LogP contribution in [0.2, 0.25) is 0 Å². The van der Waals surface area contributed by atoms with E-state index in [1.807, 2.05) is 0 Å². The van der Waals surface area contributed by atoms with Crippen LogP contribution in [0, 0.1) is 5.92 Å². The van der Waals surface area contributed by atoms with Crippen molar-refractivity contribution in [3.8, 4) is 0 Å². The number of hydrogen-bond acceptors (Lipinski definition) is 2. The van der Waals surface area contributed by atoms with Gasteiger partial charge in [-0.05, 0) is 48.9 Å². The summed E-state index contributed by atoms with van der Waals surface area (Å²) in [4.78, 5) is 2.59. The minimum Gasteiger partial charge on any atom is -0.384 e. The second kappa shape index (κ2) is 6.62. The van der Waals surface area contributed by atoms with E-state index < -0.39 is 0 Å². The Bertz CT molecular complexity index is 412. The van der Waals surface area contributed by atoms with Gasteiger partial charge in [-0.25, -0.2) is 0 Å². The summed E-state index contributed by atoms with van der Waals surface area (Å²) >= 11 is 0. The van der Waals surface area contributed by atoms with Crippen LogP contribution < -0.4 is 5.32 Å². The van der Waals surface area contributed by atoms with E-state index in [1.165, 1.54) is 37.2 Å². The molecule has 1 saturated heterocycles. The molecule has 0 radical (unpaired) electrons. The van der Waals surface area contributed by atoms with E-state index in [9.17, 15) is 0 Å². The van der Waals surface area contributed by atoms with Crippen LogP contribution in [0.3, 0.4) is 0 Å². The molecule has 112 valence electrons. The molecule has 1 aromatic carbocycles. The number of nitrogens with one attached hydrogen (secondary N) is 1. The Kier molecular flexibility index (Phi) is 5.09. The average molecular weight is 274 g/mol. The maximum absolute atomic E-state index is 3.64. The van der Waals surface area contributed by atoms with Crippen molar-refractivity contribution in [3.63, 3.8) is 0 Å². The van der Waals surface area contributed by atoms with Crippen LogP contribution in [0.25, 0.3) is 0 Å². The zero-order chi connectivity index (χ0) is 14.6. The summed E-state index contributed by atoms with van der Waals surface area (Å²) in [5, 5.41) is 3.64. The summed E-state index contributed by atoms with van der Waals surface area (Å²) in [6.45, 7) is 13.9. The minimum absolute atomic E-state index is 0.199. The maximum Gasteiger partial charge on any atom is 0.0378 e. The molecule has 0 saturated carbocycles. The van der Waals surface area contributed by atoms with E-state index >= 15 is 0 Å². The first-order valence-electron chi connectivity index (χ1n) is 8.02. The van der Waals surface area contributed by atoms with Crippen molar-refractivity contribution in [2.45, 2.75) is 46.0 Å². The zero-order valence-corrected chi connectivity index (χ0v) is 13.6. The van der Waals surface area contributed by atoms with Crippen molar-refractivity contribution in [2.75, 3.05) is 31.5 Å². The fraction of sp³-hybridized carbons (Fsp3) is 0.667. The van der Waals surface area contributed by atoms with Crippen molar-refractivity contribution in [1.29, 1.82) is 0 Å². The Labute approximate surface area is 124 Å². The SMILES string of the molecule is CC1CCN(CCNc2ccccc2C(C)(C)C)CC1. The molecule has 1 N–H and O–H groups in total. The highest BCUT2D eigenvalue weighted by Gasteiger charge is 2.18. The molecule has 1 aromatic rings. The number of para-hydroxylation sites is 1. The van der Waals surface area contributed by atoms with Crippen molar-refractivity contribution >= 4 is 5.69 Å². The number of piperidine rings is 1. The maximum atomic E-state index is 3.64. The topological polar surface area (TPSA) is 15.3 Å². The Morgan fingerprint density at radius 1 is 1.15 bits per heavy atom. The Morgan fingerprint density at radius 2 is 1.80 bits per heavy atom. The van der Waals surface area contributed by atoms with Gasteiger partial charge in [-0.2, -0.15) is 0 Å². The van der Waals surface area contributed by atoms with Gasteiger partial charge in [0.25, 0.3) is 0 Å². The number of benzene rings is 1. The van der Waals surface area contributed by atoms with Gasteiger partial charge >= 0.3 is 0 Å². The molecule has 0 atom stereocenters. The molecule has 0 unspecified atom stereocenters. The molecule has 1 heterocycles. The molecule has 0 spiro atoms. The molecule has 1 fully saturated rings. The molecular weight excluding hydrogens is 244 g/mol. The Morgan fingerprint density at radius 3 is 2.45 bits per heavy atom. The molecule has 0 aromatic heterocycles. The van der Waals surface area contributed by atoms with Gasteiger partial charge in [0.05, 0.1) is 0 Å². The highest BCUT2D eigenvalue weighted by molar-refractivity contribution is 5.54. The molecule has 0 bridgehead atoms. The lowest BCUT2D eigenvalue weighted by Gasteiger charge is -2.30. The van der Waals surface area contributed by atoms with Crippen molar-refractivity contribution < 1.29 is 0 Å². The van der Waals surface area contributed by atoms with Crippen molar-refractivity contribution in [1.82, 2.24) is 4.90 Å². The van der Waals surface area contributed by atoms with Gasteiger partial charge in [0.1, 0.15) is 0 Å². The molecule has 1 aliphatic rings. The number of nitrogens with zero attached hydrogens (tertiary/aromatic N) is 1. The monoisotopic (exact) mass is 274 g/mol. The van der Waals surface area contributed by atoms with Crippen LogP contribution in [-0.4, -0.2) is 31.1 Å². The molecular formula is C18H30N2. The summed E-state index contributed by atoms with van der Waals surface area (Å²) in [6, 6.07) is 8.71. The Hall–Kier alpha value is -1.02. The van der Waals surface area contributed by atoms with Crippen LogP contribution in [0.4, 0.5) is 5.69 Å². The molecule has 0 amide bonds. The first-order chi connectivity index (χ1) is 9.47. The fourth-order valence-corrected chi connectivity index (χ4v) is 2.93. The quantitative estimate of drug-likeness (QED) is 0.888. The van der Waals surface area contributed by atoms with E-state index in [0.29, 0.717) is 0 Å². The van der Waals surface area contributed by atoms with Crippen LogP contribution in [0.1, 0.15) is 46.1 Å². The van der Waals surface area contributed by atoms with Gasteiger partial charge < -0.3 is 10.2 Å². The van der Waals surface area contributed by atoms with Gasteiger partial charge in [-0.1, -0.05) is 45.9 Å². The molecule has 0 aliphatic carbocycles. The minimum atomic E-state index is 0.199. The summed E-state index contributed by atoms with van der Waals surface area (Å²) in [5.74, 6) is 0.917. The number of likely N-dealkylation sites (tertiary alicyclic amines) is 1. The van der Waals surface area contributed by atoms with E-state index in [-0.39, 0.29) is 5.41 Å². The average Bonchev–Trinajstić information content (AvgIpc) is 2.40. The van der Waals surface area contributed by atoms with E-state index in [4.69, 9.17) is 0 Å². The number of rotatable bonds is 4. The van der Waals surface area contributed by atoms with Gasteiger partial charge in [0, 0.05) is 18.8 Å². The summed E-state index contributed by atoms with van der Waals surface area (Å²) in [7, 11) is 0. The predicted octanol–water partition coefficient (Wildman–Crippen LogP) is 4.13. The third-order valence-electron chi connectivity index (χ3n) is 4.35. The third kappa shape index (κ3) is 4.24. The zero-order valence-electron chi connectivity index (χ0n) is 13.6. The molecule has 20 heavy (non-hydrogen) atoms. The summed E-state index contributed by atoms with van der Waals surface area (Å²) in [5.41, 5.74) is 2.90. The van der Waals surface area contributed by atoms with E-state index in [2.05, 4.69) is 62.2 Å². The lowest BCUT2D eigenvalue weighted by molar-refractivity contribution is 0.199. The van der Waals surface area contributed by atoms with E-state index in [1.54, 1.807) is 0 Å². The summed E-state index contributed by atoms with van der Waals surface area (Å²) in [6.07, 6.45) is 2.72. The fourth-order valence-electron chi connectivity index (χ4n) is 2.93. The van der Waals surface area contributed by atoms with Crippen molar-refractivity contribution in [2.24, 2.45) is 5.92 Å². The highest BCUT2D eigenvalue weighted by atomic mass is 15.1. The first kappa shape index (κ1) is 15.4. The van der Waals surface area contributed by atoms with E-state index in [0.717, 1.165) is 19.0 Å². The highest BCUT2D eigenvalue weighted by Crippen LogP contribution is 2.29. The van der Waals surface area contributed by atoms with Crippen LogP contribution >= 0.6 is 0 Å². The largest absolute Gasteiger partial charge is 0.384 e. The Balaban J connectivity index is 1.85. The van der Waals surface area contributed by atoms with Gasteiger partial charge in [-0.15, -0.1) is 0 Å². The number of anilines is 1. The molecule has 2 nitrogen and oxygen atoms in total. The smallest absolute Gasteiger partial charge is 0.0378 e. The normalized spacial score (nSPS) is 18.2. The third-order valence-corrected chi connectivity index (χ3v) is 4.35. The van der Waals surface area contributed by atoms with Crippen LogP contribution in [0.5, 0.6) is 0 Å². The molecule has 1 aliphatic heterocycles. The summed E-state index contributed by atoms with van der Waals surface area (Å²) < 4.78 is 0. The first-order valence-corrected chi connectivity index (χ1v) is 8.02. The van der Waals surface area contributed by atoms with Gasteiger partial charge in [0.2, 0.25) is 0 Å². The van der Waals surface area contributed by atoms with Gasteiger partial charge in [0.15, 0.2) is 0 Å². The lowest BCUT2D eigenvalue weighted by Crippen LogP contribution is -2.36. The second-order valence-electron chi connectivity index (χ2n) is 7.25. The van der Waals surface area contributed by atoms with Gasteiger partial charge in [-0.3, -0.25) is 0 Å². The standard InChI is InChI=1S/C18H30N2/c1-15-9-12-20(13-10-15)14-11-19-17-8-6-5-7-16(17)18(2,3)4/h5-8,15,19H,9-14H2,1-4H3. The lowest BCUT2D eigenvalue weighted by atomic mass is 9.86.